The van der Waals surface area contributed by atoms with E-state index in [-0.39, 0.29) is 6.54 Å². The van der Waals surface area contributed by atoms with Gasteiger partial charge in [-0.05, 0) is 17.5 Å². The van der Waals surface area contributed by atoms with Crippen LogP contribution in [0.15, 0.2) is 24.3 Å². The van der Waals surface area contributed by atoms with Crippen molar-refractivity contribution < 1.29 is 13.2 Å². The van der Waals surface area contributed by atoms with E-state index in [0.29, 0.717) is 13.2 Å². The first kappa shape index (κ1) is 17.1. The Hall–Kier alpha value is -0.950. The van der Waals surface area contributed by atoms with Gasteiger partial charge in [-0.15, -0.1) is 0 Å². The van der Waals surface area contributed by atoms with Crippen LogP contribution >= 0.6 is 0 Å². The summed E-state index contributed by atoms with van der Waals surface area (Å²) < 4.78 is 33.1. The Labute approximate surface area is 122 Å². The van der Waals surface area contributed by atoms with Gasteiger partial charge in [-0.3, -0.25) is 0 Å². The molecule has 0 amide bonds. The fourth-order valence-electron chi connectivity index (χ4n) is 1.78. The molecule has 6 heteroatoms. The molecule has 0 aromatic heterocycles. The second-order valence-corrected chi connectivity index (χ2v) is 6.62. The van der Waals surface area contributed by atoms with Gasteiger partial charge in [0.25, 0.3) is 10.2 Å². The van der Waals surface area contributed by atoms with Gasteiger partial charge in [0.2, 0.25) is 0 Å². The third-order valence-corrected chi connectivity index (χ3v) is 4.51. The Kier molecular flexibility index (Phi) is 7.15. The van der Waals surface area contributed by atoms with E-state index in [9.17, 15) is 8.42 Å². The molecule has 1 aromatic rings. The molecule has 1 N–H and O–H groups in total. The van der Waals surface area contributed by atoms with E-state index in [0.717, 1.165) is 24.0 Å². The molecule has 0 aliphatic heterocycles. The van der Waals surface area contributed by atoms with E-state index in [4.69, 9.17) is 4.74 Å². The Morgan fingerprint density at radius 1 is 1.30 bits per heavy atom. The van der Waals surface area contributed by atoms with Crippen LogP contribution < -0.4 is 4.72 Å². The van der Waals surface area contributed by atoms with Crippen molar-refractivity contribution in [1.82, 2.24) is 9.03 Å². The van der Waals surface area contributed by atoms with Gasteiger partial charge in [0, 0.05) is 27.2 Å². The van der Waals surface area contributed by atoms with E-state index in [2.05, 4.69) is 4.72 Å². The SMILES string of the molecule is CCCCN(C)S(=O)(=O)NCc1cccc(COC)c1. The van der Waals surface area contributed by atoms with Crippen molar-refractivity contribution in [1.29, 1.82) is 0 Å². The van der Waals surface area contributed by atoms with Crippen molar-refractivity contribution in [3.8, 4) is 0 Å². The summed E-state index contributed by atoms with van der Waals surface area (Å²) in [6, 6.07) is 7.69. The van der Waals surface area contributed by atoms with Crippen molar-refractivity contribution in [3.05, 3.63) is 35.4 Å². The maximum Gasteiger partial charge on any atom is 0.279 e. The second kappa shape index (κ2) is 8.36. The maximum atomic E-state index is 12.0. The van der Waals surface area contributed by atoms with Crippen molar-refractivity contribution in [2.75, 3.05) is 20.7 Å². The number of nitrogens with zero attached hydrogens (tertiary/aromatic N) is 1. The molecule has 0 unspecified atom stereocenters. The molecule has 0 atom stereocenters. The minimum absolute atomic E-state index is 0.288. The Balaban J connectivity index is 2.59. The lowest BCUT2D eigenvalue weighted by atomic mass is 10.1. The van der Waals surface area contributed by atoms with E-state index < -0.39 is 10.2 Å². The van der Waals surface area contributed by atoms with Gasteiger partial charge in [0.05, 0.1) is 6.61 Å². The zero-order valence-corrected chi connectivity index (χ0v) is 13.2. The first-order chi connectivity index (χ1) is 9.49. The first-order valence-electron chi connectivity index (χ1n) is 6.77. The average molecular weight is 300 g/mol. The summed E-state index contributed by atoms with van der Waals surface area (Å²) in [4.78, 5) is 0. The van der Waals surface area contributed by atoms with Crippen LogP contribution in [0, 0.1) is 0 Å². The van der Waals surface area contributed by atoms with Crippen LogP contribution in [-0.4, -0.2) is 33.4 Å². The molecule has 0 spiro atoms. The monoisotopic (exact) mass is 300 g/mol. The third kappa shape index (κ3) is 5.58. The van der Waals surface area contributed by atoms with Gasteiger partial charge in [-0.2, -0.15) is 17.4 Å². The molecule has 0 saturated heterocycles. The number of benzene rings is 1. The summed E-state index contributed by atoms with van der Waals surface area (Å²) in [5.41, 5.74) is 1.95. The fraction of sp³-hybridized carbons (Fsp3) is 0.571. The number of rotatable bonds is 9. The molecule has 0 aliphatic carbocycles. The largest absolute Gasteiger partial charge is 0.380 e. The predicted octanol–water partition coefficient (Wildman–Crippen LogP) is 1.90. The van der Waals surface area contributed by atoms with Crippen LogP contribution in [0.4, 0.5) is 0 Å². The average Bonchev–Trinajstić information content (AvgIpc) is 2.43. The molecule has 20 heavy (non-hydrogen) atoms. The van der Waals surface area contributed by atoms with Crippen molar-refractivity contribution >= 4 is 10.2 Å². The molecule has 0 saturated carbocycles. The normalized spacial score (nSPS) is 12.0. The number of unbranched alkanes of at least 4 members (excludes halogenated alkanes) is 1. The molecule has 0 radical (unpaired) electrons. The highest BCUT2D eigenvalue weighted by molar-refractivity contribution is 7.87. The van der Waals surface area contributed by atoms with Gasteiger partial charge >= 0.3 is 0 Å². The molecule has 1 aromatic carbocycles. The van der Waals surface area contributed by atoms with Gasteiger partial charge in [0.1, 0.15) is 0 Å². The highest BCUT2D eigenvalue weighted by Crippen LogP contribution is 2.07. The fourth-order valence-corrected chi connectivity index (χ4v) is 2.72. The lowest BCUT2D eigenvalue weighted by Crippen LogP contribution is -2.38. The second-order valence-electron chi connectivity index (χ2n) is 4.75. The summed E-state index contributed by atoms with van der Waals surface area (Å²) in [5.74, 6) is 0. The van der Waals surface area contributed by atoms with Gasteiger partial charge < -0.3 is 4.74 Å². The quantitative estimate of drug-likeness (QED) is 0.758. The van der Waals surface area contributed by atoms with Gasteiger partial charge in [0.15, 0.2) is 0 Å². The molecule has 1 rings (SSSR count). The minimum atomic E-state index is -3.40. The minimum Gasteiger partial charge on any atom is -0.380 e. The molecule has 0 bridgehead atoms. The Morgan fingerprint density at radius 2 is 2.00 bits per heavy atom. The summed E-state index contributed by atoms with van der Waals surface area (Å²) in [6.45, 7) is 3.39. The lowest BCUT2D eigenvalue weighted by Gasteiger charge is -2.17. The van der Waals surface area contributed by atoms with Crippen LogP contribution in [0.25, 0.3) is 0 Å². The molecule has 5 nitrogen and oxygen atoms in total. The Bertz CT molecular complexity index is 503. The third-order valence-electron chi connectivity index (χ3n) is 3.00. The van der Waals surface area contributed by atoms with Crippen LogP contribution in [0.1, 0.15) is 30.9 Å². The van der Waals surface area contributed by atoms with E-state index >= 15 is 0 Å². The first-order valence-corrected chi connectivity index (χ1v) is 8.21. The Morgan fingerprint density at radius 3 is 2.65 bits per heavy atom. The molecule has 0 fully saturated rings. The molecule has 0 aliphatic rings. The number of ether oxygens (including phenoxy) is 1. The van der Waals surface area contributed by atoms with Gasteiger partial charge in [-0.25, -0.2) is 0 Å². The number of methoxy groups -OCH3 is 1. The van der Waals surface area contributed by atoms with E-state index in [1.807, 2.05) is 31.2 Å². The maximum absolute atomic E-state index is 12.0. The summed E-state index contributed by atoms with van der Waals surface area (Å²) in [5, 5.41) is 0. The molecular weight excluding hydrogens is 276 g/mol. The number of nitrogens with one attached hydrogen (secondary N) is 1. The summed E-state index contributed by atoms with van der Waals surface area (Å²) in [6.07, 6.45) is 1.83. The summed E-state index contributed by atoms with van der Waals surface area (Å²) >= 11 is 0. The standard InChI is InChI=1S/C14H24N2O3S/c1-4-5-9-16(2)20(17,18)15-11-13-7-6-8-14(10-13)12-19-3/h6-8,10,15H,4-5,9,11-12H2,1-3H3. The highest BCUT2D eigenvalue weighted by atomic mass is 32.2. The summed E-state index contributed by atoms with van der Waals surface area (Å²) in [7, 11) is -0.170. The van der Waals surface area contributed by atoms with Crippen LogP contribution in [0.5, 0.6) is 0 Å². The van der Waals surface area contributed by atoms with E-state index in [1.54, 1.807) is 14.2 Å². The van der Waals surface area contributed by atoms with Gasteiger partial charge in [-0.1, -0.05) is 37.6 Å². The highest BCUT2D eigenvalue weighted by Gasteiger charge is 2.16. The van der Waals surface area contributed by atoms with Crippen LogP contribution in [-0.2, 0) is 28.1 Å². The van der Waals surface area contributed by atoms with Crippen LogP contribution in [0.2, 0.25) is 0 Å². The van der Waals surface area contributed by atoms with Crippen molar-refractivity contribution in [3.63, 3.8) is 0 Å². The molecular formula is C14H24N2O3S. The topological polar surface area (TPSA) is 58.6 Å². The molecule has 114 valence electrons. The van der Waals surface area contributed by atoms with Crippen LogP contribution in [0.3, 0.4) is 0 Å². The van der Waals surface area contributed by atoms with E-state index in [1.165, 1.54) is 4.31 Å². The van der Waals surface area contributed by atoms with Crippen molar-refractivity contribution in [2.24, 2.45) is 0 Å². The smallest absolute Gasteiger partial charge is 0.279 e. The number of hydrogen-bond acceptors (Lipinski definition) is 3. The predicted molar refractivity (Wildman–Crippen MR) is 80.5 cm³/mol. The lowest BCUT2D eigenvalue weighted by molar-refractivity contribution is 0.185. The van der Waals surface area contributed by atoms with Crippen molar-refractivity contribution in [2.45, 2.75) is 32.9 Å². The molecule has 0 heterocycles. The zero-order chi connectivity index (χ0) is 15.0. The number of hydrogen-bond donors (Lipinski definition) is 1. The zero-order valence-electron chi connectivity index (χ0n) is 12.4.